The van der Waals surface area contributed by atoms with Crippen LogP contribution < -0.4 is 0 Å². The minimum absolute atomic E-state index is 0.0744. The van der Waals surface area contributed by atoms with Gasteiger partial charge in [0, 0.05) is 6.61 Å². The predicted molar refractivity (Wildman–Crippen MR) is 152 cm³/mol. The molecular weight excluding hydrogens is 598 g/mol. The number of ether oxygens (including phenoxy) is 4. The Bertz CT molecular complexity index is 936. The zero-order valence-corrected chi connectivity index (χ0v) is 25.0. The Kier molecular flexibility index (Phi) is 22.2. The van der Waals surface area contributed by atoms with Gasteiger partial charge in [0.25, 0.3) is 0 Å². The Labute approximate surface area is 254 Å². The van der Waals surface area contributed by atoms with Crippen molar-refractivity contribution in [2.75, 3.05) is 19.8 Å². The number of unbranched alkanes of at least 4 members (excludes halogenated alkanes) is 2. The molecule has 0 spiro atoms. The van der Waals surface area contributed by atoms with Crippen LogP contribution in [0, 0.1) is 0 Å². The van der Waals surface area contributed by atoms with Gasteiger partial charge in [0.15, 0.2) is 12.2 Å². The van der Waals surface area contributed by atoms with Crippen LogP contribution in [0.25, 0.3) is 0 Å². The number of allylic oxidation sites excluding steroid dienone is 10. The predicted octanol–water partition coefficient (Wildman–Crippen LogP) is 7.83. The molecule has 0 radical (unpaired) electrons. The fourth-order valence-electron chi connectivity index (χ4n) is 3.17. The fourth-order valence-corrected chi connectivity index (χ4v) is 3.17. The molecule has 0 saturated heterocycles. The first-order valence-electron chi connectivity index (χ1n) is 14.4. The maximum absolute atomic E-state index is 12.4. The molecule has 0 aliphatic heterocycles. The van der Waals surface area contributed by atoms with E-state index in [0.29, 0.717) is 6.42 Å². The van der Waals surface area contributed by atoms with Gasteiger partial charge in [-0.2, -0.15) is 26.3 Å². The zero-order valence-electron chi connectivity index (χ0n) is 25.0. The van der Waals surface area contributed by atoms with Crippen LogP contribution in [0.2, 0.25) is 0 Å². The largest absolute Gasteiger partial charge is 0.490 e. The maximum Gasteiger partial charge on any atom is 0.490 e. The third kappa shape index (κ3) is 22.2. The van der Waals surface area contributed by atoms with Crippen molar-refractivity contribution < 1.29 is 59.7 Å². The Morgan fingerprint density at radius 2 is 1.07 bits per heavy atom. The summed E-state index contributed by atoms with van der Waals surface area (Å²) in [5, 5.41) is 0. The van der Waals surface area contributed by atoms with Crippen molar-refractivity contribution in [3.63, 3.8) is 0 Å². The number of alkyl halides is 6. The molecule has 0 amide bonds. The maximum atomic E-state index is 12.4. The van der Waals surface area contributed by atoms with Crippen molar-refractivity contribution in [2.24, 2.45) is 0 Å². The van der Waals surface area contributed by atoms with Gasteiger partial charge in [-0.1, -0.05) is 74.6 Å². The van der Waals surface area contributed by atoms with E-state index in [9.17, 15) is 40.7 Å². The number of esters is 3. The Morgan fingerprint density at radius 3 is 1.48 bits per heavy atom. The van der Waals surface area contributed by atoms with E-state index < -0.39 is 55.7 Å². The quantitative estimate of drug-likeness (QED) is 0.0392. The van der Waals surface area contributed by atoms with Crippen LogP contribution in [0.5, 0.6) is 0 Å². The lowest BCUT2D eigenvalue weighted by atomic mass is 10.2. The summed E-state index contributed by atoms with van der Waals surface area (Å²) < 4.78 is 92.4. The van der Waals surface area contributed by atoms with E-state index in [2.05, 4.69) is 65.0 Å². The van der Waals surface area contributed by atoms with Crippen molar-refractivity contribution in [3.05, 3.63) is 60.8 Å². The van der Waals surface area contributed by atoms with Crippen LogP contribution in [0.15, 0.2) is 60.8 Å². The van der Waals surface area contributed by atoms with Gasteiger partial charge in [-0.15, -0.1) is 0 Å². The molecule has 13 heteroatoms. The molecule has 0 aromatic carbocycles. The third-order valence-corrected chi connectivity index (χ3v) is 5.42. The summed E-state index contributed by atoms with van der Waals surface area (Å²) in [6.07, 6.45) is 13.8. The molecule has 1 atom stereocenters. The fraction of sp³-hybridized carbons (Fsp3) is 0.581. The number of carbonyl (C=O) groups is 3. The van der Waals surface area contributed by atoms with Gasteiger partial charge in [0.1, 0.15) is 13.2 Å². The van der Waals surface area contributed by atoms with E-state index in [4.69, 9.17) is 9.47 Å². The first-order valence-corrected chi connectivity index (χ1v) is 14.4. The lowest BCUT2D eigenvalue weighted by Gasteiger charge is -2.22. The molecule has 1 unspecified atom stereocenters. The van der Waals surface area contributed by atoms with Crippen LogP contribution in [0.4, 0.5) is 26.3 Å². The molecule has 0 aliphatic rings. The first kappa shape index (κ1) is 40.6. The van der Waals surface area contributed by atoms with Gasteiger partial charge in [-0.25, -0.2) is 14.4 Å². The van der Waals surface area contributed by atoms with Crippen molar-refractivity contribution >= 4 is 17.9 Å². The van der Waals surface area contributed by atoms with Crippen LogP contribution in [0.3, 0.4) is 0 Å². The van der Waals surface area contributed by atoms with E-state index in [0.717, 1.165) is 44.9 Å². The molecule has 0 N–H and O–H groups in total. The number of carbonyl (C=O) groups excluding carboxylic acids is 3. The van der Waals surface area contributed by atoms with E-state index in [1.807, 2.05) is 12.2 Å². The summed E-state index contributed by atoms with van der Waals surface area (Å²) in [5.74, 6) is -6.44. The van der Waals surface area contributed by atoms with Crippen LogP contribution in [0.1, 0.15) is 71.6 Å². The molecular formula is C31H42F6O7. The average molecular weight is 641 g/mol. The molecule has 0 saturated carbocycles. The second-order valence-electron chi connectivity index (χ2n) is 9.22. The topological polar surface area (TPSA) is 88.1 Å². The van der Waals surface area contributed by atoms with Gasteiger partial charge in [0.05, 0.1) is 0 Å². The van der Waals surface area contributed by atoms with E-state index in [-0.39, 0.29) is 13.0 Å². The molecule has 250 valence electrons. The van der Waals surface area contributed by atoms with Gasteiger partial charge in [-0.05, 0) is 57.8 Å². The Balaban J connectivity index is 4.41. The van der Waals surface area contributed by atoms with Gasteiger partial charge in [0.2, 0.25) is 0 Å². The van der Waals surface area contributed by atoms with E-state index >= 15 is 0 Å². The monoisotopic (exact) mass is 640 g/mol. The minimum atomic E-state index is -5.39. The van der Waals surface area contributed by atoms with Crippen LogP contribution >= 0.6 is 0 Å². The zero-order chi connectivity index (χ0) is 33.3. The second-order valence-corrected chi connectivity index (χ2v) is 9.22. The van der Waals surface area contributed by atoms with Crippen molar-refractivity contribution in [1.29, 1.82) is 0 Å². The minimum Gasteiger partial charge on any atom is -0.455 e. The summed E-state index contributed by atoms with van der Waals surface area (Å²) >= 11 is 0. The molecule has 0 fully saturated rings. The third-order valence-electron chi connectivity index (χ3n) is 5.42. The number of halogens is 6. The Hall–Kier alpha value is -3.35. The van der Waals surface area contributed by atoms with Gasteiger partial charge in [-0.3, -0.25) is 0 Å². The van der Waals surface area contributed by atoms with Crippen LogP contribution in [-0.4, -0.2) is 62.3 Å². The molecule has 0 aromatic heterocycles. The molecule has 7 nitrogen and oxygen atoms in total. The van der Waals surface area contributed by atoms with E-state index in [1.54, 1.807) is 6.92 Å². The molecule has 0 bridgehead atoms. The summed E-state index contributed by atoms with van der Waals surface area (Å²) in [4.78, 5) is 34.2. The van der Waals surface area contributed by atoms with Gasteiger partial charge >= 0.3 is 30.3 Å². The smallest absolute Gasteiger partial charge is 0.455 e. The number of rotatable bonds is 22. The SMILES string of the molecule is CC/C=C\C/C=C\C/C=C\C/C=C\C/C=C\CCCCOC(CC)C(=O)OC(COC(=O)C(F)(F)F)COC(=O)C(F)(F)F. The number of hydrogen-bond donors (Lipinski definition) is 0. The average Bonchev–Trinajstić information content (AvgIpc) is 2.96. The molecule has 0 aliphatic carbocycles. The molecule has 0 heterocycles. The summed E-state index contributed by atoms with van der Waals surface area (Å²) in [6, 6.07) is 0. The first-order chi connectivity index (χ1) is 20.8. The summed E-state index contributed by atoms with van der Waals surface area (Å²) in [7, 11) is 0. The lowest BCUT2D eigenvalue weighted by Crippen LogP contribution is -2.38. The highest BCUT2D eigenvalue weighted by molar-refractivity contribution is 5.77. The van der Waals surface area contributed by atoms with Gasteiger partial charge < -0.3 is 18.9 Å². The summed E-state index contributed by atoms with van der Waals surface area (Å²) in [6.45, 7) is 1.20. The highest BCUT2D eigenvalue weighted by Crippen LogP contribution is 2.19. The highest BCUT2D eigenvalue weighted by Gasteiger charge is 2.43. The number of hydrogen-bond acceptors (Lipinski definition) is 7. The standard InChI is InChI=1S/C31H42F6O7/c1-3-5-6-7-8-9-10-11-12-13-14-15-16-17-18-19-20-21-22-41-26(4-2)27(38)44-25(23-42-28(39)30(32,33)34)24-43-29(40)31(35,36)37/h5-6,8-9,11-12,14-15,17-18,25-26H,3-4,7,10,13,16,19-24H2,1-2H3/b6-5-,9-8-,12-11-,15-14-,18-17-. The second kappa shape index (κ2) is 24.0. The van der Waals surface area contributed by atoms with E-state index in [1.165, 1.54) is 0 Å². The summed E-state index contributed by atoms with van der Waals surface area (Å²) in [5.41, 5.74) is 0. The Morgan fingerprint density at radius 1 is 0.636 bits per heavy atom. The van der Waals surface area contributed by atoms with Crippen molar-refractivity contribution in [2.45, 2.75) is 96.2 Å². The van der Waals surface area contributed by atoms with Crippen molar-refractivity contribution in [3.8, 4) is 0 Å². The lowest BCUT2D eigenvalue weighted by molar-refractivity contribution is -0.211. The van der Waals surface area contributed by atoms with Crippen LogP contribution in [-0.2, 0) is 33.3 Å². The van der Waals surface area contributed by atoms with Crippen molar-refractivity contribution in [1.82, 2.24) is 0 Å². The molecule has 0 rings (SSSR count). The normalized spacial score (nSPS) is 13.7. The molecule has 0 aromatic rings. The highest BCUT2D eigenvalue weighted by atomic mass is 19.4. The molecule has 44 heavy (non-hydrogen) atoms.